The molecule has 10 N–H and O–H groups in total. The quantitative estimate of drug-likeness (QED) is 0.135. The van der Waals surface area contributed by atoms with Crippen LogP contribution < -0.4 is 0 Å². The number of aliphatic hydroxyl groups is 10. The third-order valence-corrected chi connectivity index (χ3v) is 16.4. The third-order valence-electron chi connectivity index (χ3n) is 16.4. The van der Waals surface area contributed by atoms with E-state index in [2.05, 4.69) is 27.7 Å². The van der Waals surface area contributed by atoms with Crippen LogP contribution in [0.1, 0.15) is 92.4 Å². The Morgan fingerprint density at radius 2 is 1.46 bits per heavy atom. The number of fused-ring (bicyclic) bond motifs is 2. The topological polar surface area (TPSA) is 239 Å². The molecule has 300 valence electrons. The van der Waals surface area contributed by atoms with Crippen LogP contribution in [0.3, 0.4) is 0 Å². The van der Waals surface area contributed by atoms with Crippen LogP contribution in [0.4, 0.5) is 0 Å². The summed E-state index contributed by atoms with van der Waals surface area (Å²) < 4.78 is 24.9. The van der Waals surface area contributed by atoms with Gasteiger partial charge in [-0.1, -0.05) is 27.7 Å². The summed E-state index contributed by atoms with van der Waals surface area (Å²) in [7, 11) is 0. The van der Waals surface area contributed by atoms with Gasteiger partial charge in [-0.25, -0.2) is 0 Å². The second-order valence-electron chi connectivity index (χ2n) is 19.1. The monoisotopic (exact) mass is 744 g/mol. The number of rotatable bonds is 9. The zero-order valence-corrected chi connectivity index (χ0v) is 31.3. The van der Waals surface area contributed by atoms with Gasteiger partial charge in [-0.2, -0.15) is 0 Å². The molecule has 0 bridgehead atoms. The molecule has 14 heteroatoms. The maximum absolute atomic E-state index is 11.9. The van der Waals surface area contributed by atoms with Gasteiger partial charge < -0.3 is 70.0 Å². The van der Waals surface area contributed by atoms with Crippen molar-refractivity contribution in [1.82, 2.24) is 0 Å². The highest BCUT2D eigenvalue weighted by atomic mass is 16.7. The Hall–Kier alpha value is -0.560. The van der Waals surface area contributed by atoms with Crippen molar-refractivity contribution in [3.8, 4) is 0 Å². The van der Waals surface area contributed by atoms with E-state index in [9.17, 15) is 51.1 Å². The fourth-order valence-corrected chi connectivity index (χ4v) is 13.9. The van der Waals surface area contributed by atoms with E-state index >= 15 is 0 Å². The van der Waals surface area contributed by atoms with E-state index in [1.807, 2.05) is 0 Å². The average molecular weight is 745 g/mol. The van der Waals surface area contributed by atoms with Crippen molar-refractivity contribution in [3.05, 3.63) is 0 Å². The van der Waals surface area contributed by atoms with Gasteiger partial charge in [-0.05, 0) is 104 Å². The predicted molar refractivity (Wildman–Crippen MR) is 182 cm³/mol. The molecule has 2 saturated heterocycles. The highest BCUT2D eigenvalue weighted by Crippen LogP contribution is 2.89. The van der Waals surface area contributed by atoms with Crippen LogP contribution in [0.25, 0.3) is 0 Å². The SMILES string of the molecule is CC1(C)[C@@H](O[C@@H]2OC[C@@H](O)[C@H](O)[C@H]2O)CC[C@]23C[C@]24CC[C@]2(C)[C@@H]([C@](C)(O)CCCO)[C@@H](O)C[C@@]2(C)[C@@H]4C[C@H](O[C@@H]2O[C@H](CO)[C@@H](O)[C@H](O)[C@H]2O)[C@@H]13. The number of hydrogen-bond donors (Lipinski definition) is 10. The molecule has 52 heavy (non-hydrogen) atoms. The van der Waals surface area contributed by atoms with E-state index in [-0.39, 0.29) is 35.9 Å². The fourth-order valence-electron chi connectivity index (χ4n) is 13.9. The Labute approximate surface area is 306 Å². The Balaban J connectivity index is 1.25. The van der Waals surface area contributed by atoms with Crippen LogP contribution >= 0.6 is 0 Å². The molecule has 7 aliphatic rings. The zero-order chi connectivity index (χ0) is 38.0. The molecule has 0 amide bonds. The Morgan fingerprint density at radius 3 is 2.13 bits per heavy atom. The van der Waals surface area contributed by atoms with Crippen molar-refractivity contribution in [2.24, 2.45) is 44.8 Å². The smallest absolute Gasteiger partial charge is 0.186 e. The molecule has 14 nitrogen and oxygen atoms in total. The van der Waals surface area contributed by atoms with Gasteiger partial charge in [0.15, 0.2) is 12.6 Å². The predicted octanol–water partition coefficient (Wildman–Crippen LogP) is -0.461. The van der Waals surface area contributed by atoms with Gasteiger partial charge >= 0.3 is 0 Å². The Kier molecular flexibility index (Phi) is 10.1. The van der Waals surface area contributed by atoms with Crippen molar-refractivity contribution in [3.63, 3.8) is 0 Å². The lowest BCUT2D eigenvalue weighted by molar-refractivity contribution is -0.339. The molecule has 5 saturated carbocycles. The van der Waals surface area contributed by atoms with E-state index < -0.39 is 108 Å². The number of ether oxygens (including phenoxy) is 4. The summed E-state index contributed by atoms with van der Waals surface area (Å²) in [5.74, 6) is -0.546. The zero-order valence-electron chi connectivity index (χ0n) is 31.3. The van der Waals surface area contributed by atoms with E-state index in [4.69, 9.17) is 18.9 Å². The van der Waals surface area contributed by atoms with E-state index in [0.717, 1.165) is 25.7 Å². The Morgan fingerprint density at radius 1 is 0.769 bits per heavy atom. The normalized spacial score (nSPS) is 56.5. The van der Waals surface area contributed by atoms with Gasteiger partial charge in [0.1, 0.15) is 42.7 Å². The van der Waals surface area contributed by atoms with Crippen molar-refractivity contribution >= 4 is 0 Å². The highest BCUT2D eigenvalue weighted by Gasteiger charge is 2.85. The van der Waals surface area contributed by atoms with Gasteiger partial charge in [-0.3, -0.25) is 0 Å². The van der Waals surface area contributed by atoms with Crippen LogP contribution in [0.15, 0.2) is 0 Å². The molecule has 7 fully saturated rings. The summed E-state index contributed by atoms with van der Waals surface area (Å²) in [6.45, 7) is 9.62. The summed E-state index contributed by atoms with van der Waals surface area (Å²) in [6, 6.07) is 0. The fraction of sp³-hybridized carbons (Fsp3) is 1.00. The molecule has 5 aliphatic carbocycles. The molecule has 2 heterocycles. The van der Waals surface area contributed by atoms with Gasteiger partial charge in [-0.15, -0.1) is 0 Å². The maximum Gasteiger partial charge on any atom is 0.186 e. The van der Waals surface area contributed by atoms with Crippen LogP contribution in [0.5, 0.6) is 0 Å². The molecule has 20 atom stereocenters. The molecular weight excluding hydrogens is 680 g/mol. The standard InChI is InChI=1S/C38H64O14/c1-33(2)23(52-31-27(46)24(43)19(42)16-49-31)7-9-38-17-37(38)11-10-34(3)29(36(5,48)8-6-12-39)18(41)14-35(34,4)22(37)13-20(30(33)38)50-32-28(47)26(45)25(44)21(15-40)51-32/h18-32,39-48H,6-17H2,1-5H3/t18-,19+,20-,21+,22-,23-,24-,25+,26-,27+,28+,29-,30-,31-,32+,34+,35-,36+,37-,38+/m0/s1. The summed E-state index contributed by atoms with van der Waals surface area (Å²) in [5.41, 5.74) is -3.01. The minimum Gasteiger partial charge on any atom is -0.396 e. The first-order valence-electron chi connectivity index (χ1n) is 19.5. The van der Waals surface area contributed by atoms with E-state index in [1.165, 1.54) is 0 Å². The highest BCUT2D eigenvalue weighted by molar-refractivity contribution is 5.33. The van der Waals surface area contributed by atoms with Crippen LogP contribution in [-0.2, 0) is 18.9 Å². The maximum atomic E-state index is 11.9. The van der Waals surface area contributed by atoms with Gasteiger partial charge in [0, 0.05) is 12.5 Å². The van der Waals surface area contributed by atoms with E-state index in [0.29, 0.717) is 32.1 Å². The molecule has 0 aromatic heterocycles. The molecule has 7 rings (SSSR count). The second kappa shape index (κ2) is 13.3. The van der Waals surface area contributed by atoms with Crippen molar-refractivity contribution in [2.75, 3.05) is 19.8 Å². The Bertz CT molecular complexity index is 1310. The molecule has 0 aromatic rings. The van der Waals surface area contributed by atoms with Crippen LogP contribution in [0.2, 0.25) is 0 Å². The molecule has 2 spiro atoms. The molecular formula is C38H64O14. The lowest BCUT2D eigenvalue weighted by atomic mass is 9.41. The first-order valence-corrected chi connectivity index (χ1v) is 19.5. The van der Waals surface area contributed by atoms with Gasteiger partial charge in [0.25, 0.3) is 0 Å². The summed E-state index contributed by atoms with van der Waals surface area (Å²) in [4.78, 5) is 0. The summed E-state index contributed by atoms with van der Waals surface area (Å²) in [6.07, 6.45) is -8.48. The van der Waals surface area contributed by atoms with Crippen LogP contribution in [-0.4, -0.2) is 150 Å². The lowest BCUT2D eigenvalue weighted by Crippen LogP contribution is -2.65. The van der Waals surface area contributed by atoms with E-state index in [1.54, 1.807) is 6.92 Å². The molecule has 0 radical (unpaired) electrons. The molecule has 0 aromatic carbocycles. The largest absolute Gasteiger partial charge is 0.396 e. The minimum absolute atomic E-state index is 0.0472. The van der Waals surface area contributed by atoms with Gasteiger partial charge in [0.2, 0.25) is 0 Å². The first-order chi connectivity index (χ1) is 24.3. The van der Waals surface area contributed by atoms with Gasteiger partial charge in [0.05, 0.1) is 37.1 Å². The van der Waals surface area contributed by atoms with Crippen molar-refractivity contribution < 1.29 is 70.0 Å². The van der Waals surface area contributed by atoms with Crippen molar-refractivity contribution in [2.45, 2.75) is 172 Å². The first kappa shape index (κ1) is 39.7. The molecule has 0 unspecified atom stereocenters. The average Bonchev–Trinajstić information content (AvgIpc) is 3.67. The number of hydrogen-bond acceptors (Lipinski definition) is 14. The third kappa shape index (κ3) is 5.48. The summed E-state index contributed by atoms with van der Waals surface area (Å²) >= 11 is 0. The summed E-state index contributed by atoms with van der Waals surface area (Å²) in [5, 5.41) is 107. The second-order valence-corrected chi connectivity index (χ2v) is 19.1. The minimum atomic E-state index is -1.61. The molecule has 2 aliphatic heterocycles. The lowest BCUT2D eigenvalue weighted by Gasteiger charge is -2.65. The van der Waals surface area contributed by atoms with Crippen molar-refractivity contribution in [1.29, 1.82) is 0 Å². The van der Waals surface area contributed by atoms with Crippen LogP contribution in [0, 0.1) is 44.8 Å². The number of aliphatic hydroxyl groups excluding tert-OH is 9.